The van der Waals surface area contributed by atoms with Crippen molar-refractivity contribution in [1.29, 1.82) is 0 Å². The first-order valence-electron chi connectivity index (χ1n) is 14.2. The smallest absolute Gasteiger partial charge is 0.314 e. The Morgan fingerprint density at radius 3 is 2.62 bits per heavy atom. The molecule has 0 aliphatic carbocycles. The number of benzene rings is 1. The summed E-state index contributed by atoms with van der Waals surface area (Å²) in [6.07, 6.45) is 7.23. The highest BCUT2D eigenvalue weighted by atomic mass is 16.6. The molecule has 3 heterocycles. The summed E-state index contributed by atoms with van der Waals surface area (Å²) in [7, 11) is 0. The number of nitrogens with one attached hydrogen (secondary N) is 2. The molecule has 8 heteroatoms. The molecule has 0 saturated carbocycles. The van der Waals surface area contributed by atoms with Gasteiger partial charge in [-0.1, -0.05) is 30.3 Å². The first-order chi connectivity index (χ1) is 19.3. The van der Waals surface area contributed by atoms with Crippen LogP contribution in [0.1, 0.15) is 75.6 Å². The van der Waals surface area contributed by atoms with Crippen molar-refractivity contribution in [2.45, 2.75) is 77.2 Å². The summed E-state index contributed by atoms with van der Waals surface area (Å²) < 4.78 is 11.4. The van der Waals surface area contributed by atoms with Crippen LogP contribution >= 0.6 is 0 Å². The summed E-state index contributed by atoms with van der Waals surface area (Å²) in [4.78, 5) is 34.7. The van der Waals surface area contributed by atoms with Crippen LogP contribution in [0.3, 0.4) is 0 Å². The van der Waals surface area contributed by atoms with Gasteiger partial charge in [0, 0.05) is 37.5 Å². The summed E-state index contributed by atoms with van der Waals surface area (Å²) in [6.45, 7) is 6.87. The number of nitrogens with zero attached hydrogens (tertiary/aromatic N) is 2. The van der Waals surface area contributed by atoms with E-state index in [-0.39, 0.29) is 11.9 Å². The Labute approximate surface area is 236 Å². The summed E-state index contributed by atoms with van der Waals surface area (Å²) in [6, 6.07) is 17.2. The quantitative estimate of drug-likeness (QED) is 0.214. The fraction of sp³-hybridized carbons (Fsp3) is 0.438. The molecule has 2 aromatic heterocycles. The largest absolute Gasteiger partial charge is 0.459 e. The van der Waals surface area contributed by atoms with Gasteiger partial charge in [0.25, 0.3) is 0 Å². The molecular weight excluding hydrogens is 504 g/mol. The molecule has 212 valence electrons. The summed E-state index contributed by atoms with van der Waals surface area (Å²) in [5.74, 6) is 1.22. The predicted octanol–water partition coefficient (Wildman–Crippen LogP) is 5.97. The minimum atomic E-state index is -0.620. The molecule has 3 aromatic rings. The molecule has 1 aliphatic heterocycles. The highest BCUT2D eigenvalue weighted by Gasteiger charge is 2.27. The topological polar surface area (TPSA) is 102 Å². The van der Waals surface area contributed by atoms with Crippen LogP contribution in [0.25, 0.3) is 0 Å². The van der Waals surface area contributed by atoms with Gasteiger partial charge in [0.2, 0.25) is 11.8 Å². The standard InChI is InChI=1S/C32H40N4O4/c1-32(2,3)40-31(38)27(24-16-18-29(35-22-24)39-26-12-5-4-6-13-26)19-21-33-28(37)14-8-7-11-25-17-15-23-10-9-20-34-30(23)36-25/h4-6,12-13,15-18,22,27H,7-11,14,19-21H2,1-3H3,(H,33,37)(H,34,36). The molecule has 1 aromatic carbocycles. The molecule has 0 radical (unpaired) electrons. The molecule has 8 nitrogen and oxygen atoms in total. The third-order valence-corrected chi connectivity index (χ3v) is 6.61. The van der Waals surface area contributed by atoms with Crippen molar-refractivity contribution < 1.29 is 19.1 Å². The maximum Gasteiger partial charge on any atom is 0.314 e. The van der Waals surface area contributed by atoms with Crippen molar-refractivity contribution in [3.8, 4) is 11.6 Å². The lowest BCUT2D eigenvalue weighted by atomic mass is 9.97. The molecule has 0 bridgehead atoms. The number of para-hydroxylation sites is 1. The monoisotopic (exact) mass is 544 g/mol. The van der Waals surface area contributed by atoms with E-state index in [1.165, 1.54) is 5.56 Å². The van der Waals surface area contributed by atoms with Crippen molar-refractivity contribution in [2.75, 3.05) is 18.4 Å². The number of pyridine rings is 2. The van der Waals surface area contributed by atoms with Crippen LogP contribution in [-0.4, -0.2) is 40.5 Å². The highest BCUT2D eigenvalue weighted by molar-refractivity contribution is 5.79. The maximum atomic E-state index is 13.0. The molecule has 1 unspecified atom stereocenters. The van der Waals surface area contributed by atoms with E-state index in [1.54, 1.807) is 12.3 Å². The van der Waals surface area contributed by atoms with E-state index < -0.39 is 11.5 Å². The Hall–Kier alpha value is -3.94. The molecule has 1 amide bonds. The van der Waals surface area contributed by atoms with Gasteiger partial charge in [-0.15, -0.1) is 0 Å². The summed E-state index contributed by atoms with van der Waals surface area (Å²) in [5.41, 5.74) is 2.44. The van der Waals surface area contributed by atoms with E-state index in [0.29, 0.717) is 31.0 Å². The van der Waals surface area contributed by atoms with Gasteiger partial charge in [0.05, 0.1) is 5.92 Å². The number of carbonyl (C=O) groups is 2. The van der Waals surface area contributed by atoms with E-state index in [1.807, 2.05) is 57.2 Å². The first kappa shape index (κ1) is 29.1. The Balaban J connectivity index is 1.25. The van der Waals surface area contributed by atoms with E-state index in [4.69, 9.17) is 14.5 Å². The van der Waals surface area contributed by atoms with Crippen LogP contribution < -0.4 is 15.4 Å². The number of fused-ring (bicyclic) bond motifs is 1. The minimum absolute atomic E-state index is 0.0206. The number of unbranched alkanes of at least 4 members (excludes halogenated alkanes) is 1. The molecule has 1 atom stereocenters. The molecule has 0 fully saturated rings. The number of hydrogen-bond donors (Lipinski definition) is 2. The van der Waals surface area contributed by atoms with Crippen LogP contribution in [0.5, 0.6) is 11.6 Å². The maximum absolute atomic E-state index is 13.0. The Morgan fingerprint density at radius 1 is 1.05 bits per heavy atom. The fourth-order valence-corrected chi connectivity index (χ4v) is 4.61. The van der Waals surface area contributed by atoms with E-state index in [9.17, 15) is 9.59 Å². The number of ether oxygens (including phenoxy) is 2. The molecular formula is C32H40N4O4. The van der Waals surface area contributed by atoms with Crippen molar-refractivity contribution in [2.24, 2.45) is 0 Å². The molecule has 1 aliphatic rings. The minimum Gasteiger partial charge on any atom is -0.459 e. The van der Waals surface area contributed by atoms with Crippen LogP contribution in [0.4, 0.5) is 5.82 Å². The second-order valence-corrected chi connectivity index (χ2v) is 11.1. The van der Waals surface area contributed by atoms with Gasteiger partial charge in [-0.2, -0.15) is 0 Å². The lowest BCUT2D eigenvalue weighted by Gasteiger charge is -2.24. The third-order valence-electron chi connectivity index (χ3n) is 6.61. The van der Waals surface area contributed by atoms with Gasteiger partial charge in [0.15, 0.2) is 0 Å². The predicted molar refractivity (Wildman–Crippen MR) is 156 cm³/mol. The normalized spacial score (nSPS) is 13.5. The van der Waals surface area contributed by atoms with Gasteiger partial charge >= 0.3 is 5.97 Å². The number of aryl methyl sites for hydroxylation is 2. The first-order valence-corrected chi connectivity index (χ1v) is 14.2. The van der Waals surface area contributed by atoms with Crippen molar-refractivity contribution in [3.05, 3.63) is 77.6 Å². The number of amides is 1. The van der Waals surface area contributed by atoms with Crippen molar-refractivity contribution >= 4 is 17.7 Å². The SMILES string of the molecule is CC(C)(C)OC(=O)C(CCNC(=O)CCCCc1ccc2c(n1)NCCC2)c1ccc(Oc2ccccc2)nc1. The van der Waals surface area contributed by atoms with Gasteiger partial charge in [-0.3, -0.25) is 9.59 Å². The van der Waals surface area contributed by atoms with Crippen LogP contribution in [-0.2, 0) is 27.2 Å². The molecule has 4 rings (SSSR count). The second kappa shape index (κ2) is 13.9. The van der Waals surface area contributed by atoms with Crippen LogP contribution in [0.2, 0.25) is 0 Å². The number of rotatable bonds is 12. The van der Waals surface area contributed by atoms with Crippen molar-refractivity contribution in [1.82, 2.24) is 15.3 Å². The van der Waals surface area contributed by atoms with Gasteiger partial charge < -0.3 is 20.1 Å². The number of aromatic nitrogens is 2. The molecule has 0 spiro atoms. The van der Waals surface area contributed by atoms with E-state index in [2.05, 4.69) is 27.8 Å². The zero-order chi connectivity index (χ0) is 28.4. The lowest BCUT2D eigenvalue weighted by molar-refractivity contribution is -0.157. The molecule has 40 heavy (non-hydrogen) atoms. The van der Waals surface area contributed by atoms with Crippen LogP contribution in [0, 0.1) is 0 Å². The number of esters is 1. The van der Waals surface area contributed by atoms with Crippen molar-refractivity contribution in [3.63, 3.8) is 0 Å². The zero-order valence-corrected chi connectivity index (χ0v) is 23.7. The lowest BCUT2D eigenvalue weighted by Crippen LogP contribution is -2.31. The molecule has 0 saturated heterocycles. The third kappa shape index (κ3) is 9.07. The average molecular weight is 545 g/mol. The van der Waals surface area contributed by atoms with Gasteiger partial charge in [0.1, 0.15) is 17.2 Å². The fourth-order valence-electron chi connectivity index (χ4n) is 4.61. The Kier molecular flexibility index (Phi) is 10.1. The average Bonchev–Trinajstić information content (AvgIpc) is 2.93. The van der Waals surface area contributed by atoms with E-state index in [0.717, 1.165) is 55.7 Å². The highest BCUT2D eigenvalue weighted by Crippen LogP contribution is 2.26. The second-order valence-electron chi connectivity index (χ2n) is 11.1. The number of anilines is 1. The number of hydrogen-bond acceptors (Lipinski definition) is 7. The van der Waals surface area contributed by atoms with E-state index >= 15 is 0 Å². The van der Waals surface area contributed by atoms with Gasteiger partial charge in [-0.25, -0.2) is 9.97 Å². The summed E-state index contributed by atoms with van der Waals surface area (Å²) >= 11 is 0. The molecule has 2 N–H and O–H groups in total. The number of carbonyl (C=O) groups excluding carboxylic acids is 2. The summed E-state index contributed by atoms with van der Waals surface area (Å²) in [5, 5.41) is 6.34. The van der Waals surface area contributed by atoms with Crippen LogP contribution in [0.15, 0.2) is 60.8 Å². The Morgan fingerprint density at radius 2 is 1.88 bits per heavy atom. The Bertz CT molecular complexity index is 1260. The van der Waals surface area contributed by atoms with Gasteiger partial charge in [-0.05, 0) is 88.6 Å². The zero-order valence-electron chi connectivity index (χ0n) is 23.7.